The van der Waals surface area contributed by atoms with E-state index >= 15 is 0 Å². The second-order valence-corrected chi connectivity index (χ2v) is 5.26. The summed E-state index contributed by atoms with van der Waals surface area (Å²) in [7, 11) is 0. The van der Waals surface area contributed by atoms with E-state index in [-0.39, 0.29) is 23.5 Å². The largest absolute Gasteiger partial charge is 0.395 e. The van der Waals surface area contributed by atoms with Crippen LogP contribution in [0.1, 0.15) is 22.8 Å². The van der Waals surface area contributed by atoms with Crippen molar-refractivity contribution in [2.24, 2.45) is 11.7 Å². The molecule has 0 aliphatic rings. The number of hydrogen-bond acceptors (Lipinski definition) is 5. The molecule has 4 nitrogen and oxygen atoms in total. The Balaban J connectivity index is 2.76. The molecule has 0 spiro atoms. The van der Waals surface area contributed by atoms with Crippen LogP contribution in [-0.4, -0.2) is 34.9 Å². The summed E-state index contributed by atoms with van der Waals surface area (Å²) in [6.07, 6.45) is 2.23. The van der Waals surface area contributed by atoms with Crippen LogP contribution in [0.3, 0.4) is 0 Å². The van der Waals surface area contributed by atoms with Crippen molar-refractivity contribution in [1.29, 1.82) is 0 Å². The molecule has 2 atom stereocenters. The minimum absolute atomic E-state index is 0.0695. The number of thioether (sulfide) groups is 1. The monoisotopic (exact) mass is 281 g/mol. The zero-order valence-electron chi connectivity index (χ0n) is 11.1. The van der Waals surface area contributed by atoms with Crippen LogP contribution >= 0.6 is 11.8 Å². The Bertz CT molecular complexity index is 445. The van der Waals surface area contributed by atoms with E-state index in [0.29, 0.717) is 12.0 Å². The van der Waals surface area contributed by atoms with Crippen molar-refractivity contribution in [2.75, 3.05) is 12.9 Å². The van der Waals surface area contributed by atoms with Gasteiger partial charge in [-0.3, -0.25) is 9.59 Å². The van der Waals surface area contributed by atoms with Crippen LogP contribution < -0.4 is 5.73 Å². The fourth-order valence-electron chi connectivity index (χ4n) is 1.71. The predicted octanol–water partition coefficient (Wildman–Crippen LogP) is 1.26. The number of aliphatic hydroxyl groups is 1. The Morgan fingerprint density at radius 2 is 1.89 bits per heavy atom. The van der Waals surface area contributed by atoms with Gasteiger partial charge in [0.25, 0.3) is 0 Å². The third-order valence-electron chi connectivity index (χ3n) is 2.92. The molecule has 0 heterocycles. The van der Waals surface area contributed by atoms with Gasteiger partial charge in [0.2, 0.25) is 0 Å². The molecular weight excluding hydrogens is 262 g/mol. The molecule has 0 fully saturated rings. The molecule has 0 amide bonds. The molecule has 0 saturated heterocycles. The number of rotatable bonds is 6. The third kappa shape index (κ3) is 4.45. The summed E-state index contributed by atoms with van der Waals surface area (Å²) in [6, 6.07) is 6.72. The second-order valence-electron chi connectivity index (χ2n) is 4.45. The van der Waals surface area contributed by atoms with Crippen molar-refractivity contribution in [3.63, 3.8) is 0 Å². The number of aliphatic hydroxyl groups excluding tert-OH is 1. The molecule has 0 saturated carbocycles. The molecule has 1 aromatic rings. The highest BCUT2D eigenvalue weighted by Gasteiger charge is 2.21. The van der Waals surface area contributed by atoms with Gasteiger partial charge in [0.15, 0.2) is 10.9 Å². The van der Waals surface area contributed by atoms with Crippen molar-refractivity contribution in [2.45, 2.75) is 19.4 Å². The number of nitrogens with two attached hydrogens (primary N) is 1. The van der Waals surface area contributed by atoms with Crippen LogP contribution in [-0.2, 0) is 11.2 Å². The van der Waals surface area contributed by atoms with Crippen LogP contribution in [0.25, 0.3) is 0 Å². The molecule has 0 bridgehead atoms. The maximum absolute atomic E-state index is 12.0. The molecule has 0 aliphatic heterocycles. The number of carbonyl (C=O) groups is 2. The van der Waals surface area contributed by atoms with E-state index in [9.17, 15) is 9.59 Å². The van der Waals surface area contributed by atoms with E-state index in [0.717, 1.165) is 17.3 Å². The molecule has 0 aliphatic carbocycles. The fourth-order valence-corrected chi connectivity index (χ4v) is 2.17. The van der Waals surface area contributed by atoms with E-state index in [1.807, 2.05) is 0 Å². The Morgan fingerprint density at radius 3 is 2.37 bits per heavy atom. The molecule has 19 heavy (non-hydrogen) atoms. The van der Waals surface area contributed by atoms with Crippen molar-refractivity contribution in [3.05, 3.63) is 35.4 Å². The van der Waals surface area contributed by atoms with E-state index in [1.54, 1.807) is 37.4 Å². The normalized spacial score (nSPS) is 13.9. The molecule has 1 aromatic carbocycles. The second kappa shape index (κ2) is 7.43. The van der Waals surface area contributed by atoms with Crippen LogP contribution in [0.4, 0.5) is 0 Å². The summed E-state index contributed by atoms with van der Waals surface area (Å²) in [5.41, 5.74) is 7.13. The minimum Gasteiger partial charge on any atom is -0.395 e. The smallest absolute Gasteiger partial charge is 0.199 e. The highest BCUT2D eigenvalue weighted by molar-refractivity contribution is 8.13. The number of benzene rings is 1. The lowest BCUT2D eigenvalue weighted by Gasteiger charge is -2.10. The van der Waals surface area contributed by atoms with E-state index in [4.69, 9.17) is 10.8 Å². The number of hydrogen-bond donors (Lipinski definition) is 2. The Kier molecular flexibility index (Phi) is 6.21. The first kappa shape index (κ1) is 15.9. The van der Waals surface area contributed by atoms with Gasteiger partial charge >= 0.3 is 0 Å². The zero-order valence-corrected chi connectivity index (χ0v) is 11.9. The summed E-state index contributed by atoms with van der Waals surface area (Å²) in [5.74, 6) is -0.794. The first-order chi connectivity index (χ1) is 8.99. The molecule has 2 unspecified atom stereocenters. The molecular formula is C14H19NO3S. The number of carbonyl (C=O) groups excluding carboxylic acids is 2. The Morgan fingerprint density at radius 1 is 1.32 bits per heavy atom. The highest BCUT2D eigenvalue weighted by Crippen LogP contribution is 2.15. The van der Waals surface area contributed by atoms with Gasteiger partial charge in [0.1, 0.15) is 0 Å². The topological polar surface area (TPSA) is 80.4 Å². The lowest BCUT2D eigenvalue weighted by Crippen LogP contribution is -2.26. The summed E-state index contributed by atoms with van der Waals surface area (Å²) in [4.78, 5) is 23.5. The van der Waals surface area contributed by atoms with Gasteiger partial charge in [-0.1, -0.05) is 36.0 Å². The van der Waals surface area contributed by atoms with Crippen LogP contribution in [0, 0.1) is 5.92 Å². The number of Topliss-reactive ketones (excluding diaryl/α,β-unsaturated/α-hetero) is 1. The number of ketones is 1. The SMILES string of the molecule is CSC(=O)C(C)C(=O)c1ccc(CC(N)CO)cc1. The average Bonchev–Trinajstić information content (AvgIpc) is 2.45. The van der Waals surface area contributed by atoms with E-state index < -0.39 is 5.92 Å². The summed E-state index contributed by atoms with van der Waals surface area (Å²) in [5, 5.41) is 8.75. The van der Waals surface area contributed by atoms with Crippen LogP contribution in [0.5, 0.6) is 0 Å². The van der Waals surface area contributed by atoms with Crippen LogP contribution in [0.15, 0.2) is 24.3 Å². The van der Waals surface area contributed by atoms with Crippen molar-refractivity contribution in [1.82, 2.24) is 0 Å². The minimum atomic E-state index is -0.624. The Labute approximate surface area is 117 Å². The molecule has 5 heteroatoms. The maximum Gasteiger partial charge on any atom is 0.199 e. The molecule has 1 rings (SSSR count). The molecule has 104 valence electrons. The van der Waals surface area contributed by atoms with Gasteiger partial charge in [0, 0.05) is 11.6 Å². The van der Waals surface area contributed by atoms with Crippen molar-refractivity contribution in [3.8, 4) is 0 Å². The maximum atomic E-state index is 12.0. The molecule has 0 aromatic heterocycles. The summed E-state index contributed by atoms with van der Waals surface area (Å²) in [6.45, 7) is 1.55. The van der Waals surface area contributed by atoms with Crippen molar-refractivity contribution >= 4 is 22.7 Å². The van der Waals surface area contributed by atoms with Crippen LogP contribution in [0.2, 0.25) is 0 Å². The standard InChI is InChI=1S/C14H19NO3S/c1-9(14(18)19-2)13(17)11-5-3-10(4-6-11)7-12(15)8-16/h3-6,9,12,16H,7-8,15H2,1-2H3. The van der Waals surface area contributed by atoms with Crippen molar-refractivity contribution < 1.29 is 14.7 Å². The predicted molar refractivity (Wildman–Crippen MR) is 77.2 cm³/mol. The van der Waals surface area contributed by atoms with Gasteiger partial charge in [0.05, 0.1) is 12.5 Å². The fraction of sp³-hybridized carbons (Fsp3) is 0.429. The molecule has 0 radical (unpaired) electrons. The van der Waals surface area contributed by atoms with E-state index in [2.05, 4.69) is 0 Å². The first-order valence-corrected chi connectivity index (χ1v) is 7.29. The summed E-state index contributed by atoms with van der Waals surface area (Å²) >= 11 is 1.07. The lowest BCUT2D eigenvalue weighted by molar-refractivity contribution is -0.112. The van der Waals surface area contributed by atoms with Gasteiger partial charge < -0.3 is 10.8 Å². The zero-order chi connectivity index (χ0) is 14.4. The quantitative estimate of drug-likeness (QED) is 0.606. The third-order valence-corrected chi connectivity index (χ3v) is 3.67. The van der Waals surface area contributed by atoms with Gasteiger partial charge in [-0.25, -0.2) is 0 Å². The lowest BCUT2D eigenvalue weighted by atomic mass is 9.98. The van der Waals surface area contributed by atoms with Gasteiger partial charge in [-0.2, -0.15) is 0 Å². The molecule has 3 N–H and O–H groups in total. The van der Waals surface area contributed by atoms with E-state index in [1.165, 1.54) is 0 Å². The van der Waals surface area contributed by atoms with Gasteiger partial charge in [-0.15, -0.1) is 0 Å². The summed E-state index contributed by atoms with van der Waals surface area (Å²) < 4.78 is 0. The Hall–Kier alpha value is -1.17. The first-order valence-electron chi connectivity index (χ1n) is 6.07. The van der Waals surface area contributed by atoms with Gasteiger partial charge in [-0.05, 0) is 25.2 Å². The highest BCUT2D eigenvalue weighted by atomic mass is 32.2. The average molecular weight is 281 g/mol.